The molecule has 266 valence electrons. The van der Waals surface area contributed by atoms with Crippen molar-refractivity contribution in [3.8, 4) is 11.4 Å². The first-order valence-corrected chi connectivity index (χ1v) is 18.4. The number of aryl methyl sites for hydroxylation is 1. The fraction of sp³-hybridized carbons (Fsp3) is 0.220. The van der Waals surface area contributed by atoms with Gasteiger partial charge in [0.25, 0.3) is 0 Å². The Hall–Kier alpha value is -5.58. The Morgan fingerprint density at radius 3 is 1.92 bits per heavy atom. The summed E-state index contributed by atoms with van der Waals surface area (Å²) in [6, 6.07) is 26.6. The number of furan rings is 2. The zero-order valence-corrected chi connectivity index (χ0v) is 30.6. The lowest BCUT2D eigenvalue weighted by molar-refractivity contribution is 0.275. The second-order valence-corrected chi connectivity index (χ2v) is 15.0. The van der Waals surface area contributed by atoms with Gasteiger partial charge in [-0.25, -0.2) is 9.59 Å². The van der Waals surface area contributed by atoms with E-state index in [1.807, 2.05) is 81.4 Å². The summed E-state index contributed by atoms with van der Waals surface area (Å²) in [7, 11) is 0. The van der Waals surface area contributed by atoms with Crippen molar-refractivity contribution in [2.24, 2.45) is 5.92 Å². The quantitative estimate of drug-likeness (QED) is 0.158. The normalized spacial score (nSPS) is 15.9. The van der Waals surface area contributed by atoms with E-state index in [-0.39, 0.29) is 18.0 Å². The lowest BCUT2D eigenvalue weighted by Crippen LogP contribution is -2.40. The molecule has 12 heteroatoms. The maximum atomic E-state index is 13.8. The Labute approximate surface area is 313 Å². The van der Waals surface area contributed by atoms with E-state index in [9.17, 15) is 9.59 Å². The molecule has 4 aromatic carbocycles. The van der Waals surface area contributed by atoms with Crippen molar-refractivity contribution in [3.05, 3.63) is 127 Å². The molecule has 53 heavy (non-hydrogen) atoms. The van der Waals surface area contributed by atoms with Crippen molar-refractivity contribution < 1.29 is 8.83 Å². The molecule has 0 aliphatic heterocycles. The summed E-state index contributed by atoms with van der Waals surface area (Å²) < 4.78 is 15.8. The lowest BCUT2D eigenvalue weighted by Gasteiger charge is -2.37. The van der Waals surface area contributed by atoms with Gasteiger partial charge in [0.05, 0.1) is 11.4 Å². The minimum Gasteiger partial charge on any atom is -0.450 e. The Morgan fingerprint density at radius 1 is 0.755 bits per heavy atom. The third kappa shape index (κ3) is 5.82. The van der Waals surface area contributed by atoms with Crippen molar-refractivity contribution in [2.75, 3.05) is 10.6 Å². The zero-order valence-electron chi connectivity index (χ0n) is 29.1. The third-order valence-electron chi connectivity index (χ3n) is 10.0. The van der Waals surface area contributed by atoms with E-state index in [2.05, 4.69) is 26.7 Å². The van der Waals surface area contributed by atoms with Crippen LogP contribution >= 0.6 is 23.2 Å². The van der Waals surface area contributed by atoms with E-state index in [0.29, 0.717) is 66.4 Å². The van der Waals surface area contributed by atoms with Crippen LogP contribution in [0.3, 0.4) is 0 Å². The van der Waals surface area contributed by atoms with E-state index in [1.54, 1.807) is 27.3 Å². The molecule has 2 unspecified atom stereocenters. The maximum absolute atomic E-state index is 13.8. The van der Waals surface area contributed by atoms with Gasteiger partial charge >= 0.3 is 11.4 Å². The standard InChI is InChI=1S/C41H34Cl2N6O4/c1-21(2)44-38-36-34(29-19-25(42)11-14-32(29)52-36)49(40(50)46-38)28-9-5-7-23(18-28)17-24-10-13-31(24)45-39-37-35(30-20-26(43)12-15-33(30)53-37)48(41(51)47-39)27-8-4-6-22(3)16-27/h4-9,11-12,14-16,18-21,24,31H,10,13,17H2,1-3H3,(H,44,46,50)(H,45,47,51). The predicted octanol–water partition coefficient (Wildman–Crippen LogP) is 9.45. The minimum absolute atomic E-state index is 0.0341. The molecule has 4 heterocycles. The number of hydrogen-bond acceptors (Lipinski definition) is 8. The number of nitrogens with one attached hydrogen (secondary N) is 2. The fourth-order valence-corrected chi connectivity index (χ4v) is 7.83. The third-order valence-corrected chi connectivity index (χ3v) is 10.5. The van der Waals surface area contributed by atoms with Gasteiger partial charge in [-0.3, -0.25) is 9.13 Å². The van der Waals surface area contributed by atoms with E-state index in [0.717, 1.165) is 41.2 Å². The van der Waals surface area contributed by atoms with Gasteiger partial charge in [-0.15, -0.1) is 0 Å². The molecule has 1 aliphatic carbocycles. The van der Waals surface area contributed by atoms with E-state index >= 15 is 0 Å². The number of rotatable bonds is 8. The molecular formula is C41H34Cl2N6O4. The van der Waals surface area contributed by atoms with E-state index in [1.165, 1.54) is 0 Å². The van der Waals surface area contributed by atoms with Gasteiger partial charge in [0, 0.05) is 32.9 Å². The minimum atomic E-state index is -0.425. The average molecular weight is 746 g/mol. The van der Waals surface area contributed by atoms with Crippen LogP contribution in [-0.2, 0) is 6.42 Å². The smallest absolute Gasteiger partial charge is 0.354 e. The van der Waals surface area contributed by atoms with Crippen LogP contribution in [0, 0.1) is 12.8 Å². The second kappa shape index (κ2) is 12.8. The highest BCUT2D eigenvalue weighted by molar-refractivity contribution is 6.32. The van der Waals surface area contributed by atoms with Crippen LogP contribution in [0.2, 0.25) is 10.0 Å². The second-order valence-electron chi connectivity index (χ2n) is 14.1. The van der Waals surface area contributed by atoms with Crippen molar-refractivity contribution in [1.29, 1.82) is 0 Å². The highest BCUT2D eigenvalue weighted by Gasteiger charge is 2.33. The molecule has 0 saturated heterocycles. The summed E-state index contributed by atoms with van der Waals surface area (Å²) in [5.74, 6) is 1.04. The Morgan fingerprint density at radius 2 is 1.34 bits per heavy atom. The Balaban J connectivity index is 1.07. The summed E-state index contributed by atoms with van der Waals surface area (Å²) in [6.07, 6.45) is 2.62. The van der Waals surface area contributed by atoms with Gasteiger partial charge < -0.3 is 19.5 Å². The zero-order chi connectivity index (χ0) is 36.5. The molecule has 4 aromatic heterocycles. The van der Waals surface area contributed by atoms with Crippen LogP contribution in [0.15, 0.2) is 103 Å². The van der Waals surface area contributed by atoms with Crippen molar-refractivity contribution in [3.63, 3.8) is 0 Å². The Kier molecular flexibility index (Phi) is 8.05. The first-order valence-electron chi connectivity index (χ1n) is 17.6. The van der Waals surface area contributed by atoms with E-state index in [4.69, 9.17) is 32.0 Å². The number of anilines is 2. The van der Waals surface area contributed by atoms with Gasteiger partial charge in [-0.1, -0.05) is 47.5 Å². The average Bonchev–Trinajstić information content (AvgIpc) is 3.68. The fourth-order valence-electron chi connectivity index (χ4n) is 7.48. The summed E-state index contributed by atoms with van der Waals surface area (Å²) in [5.41, 5.74) is 6.04. The van der Waals surface area contributed by atoms with Gasteiger partial charge in [0.15, 0.2) is 22.8 Å². The highest BCUT2D eigenvalue weighted by atomic mass is 35.5. The molecule has 1 saturated carbocycles. The number of nitrogens with zero attached hydrogens (tertiary/aromatic N) is 4. The molecule has 0 spiro atoms. The van der Waals surface area contributed by atoms with Crippen LogP contribution in [0.4, 0.5) is 11.6 Å². The summed E-state index contributed by atoms with van der Waals surface area (Å²) in [4.78, 5) is 36.5. The molecule has 2 N–H and O–H groups in total. The molecule has 1 aliphatic rings. The number of benzene rings is 4. The molecule has 2 atom stereocenters. The topological polar surface area (TPSA) is 120 Å². The first-order chi connectivity index (χ1) is 25.6. The predicted molar refractivity (Wildman–Crippen MR) is 212 cm³/mol. The highest BCUT2D eigenvalue weighted by Crippen LogP contribution is 2.39. The first kappa shape index (κ1) is 33.3. The maximum Gasteiger partial charge on any atom is 0.354 e. The van der Waals surface area contributed by atoms with Crippen molar-refractivity contribution in [2.45, 2.75) is 52.1 Å². The van der Waals surface area contributed by atoms with Crippen molar-refractivity contribution in [1.82, 2.24) is 19.1 Å². The number of hydrogen-bond donors (Lipinski definition) is 2. The van der Waals surface area contributed by atoms with Crippen LogP contribution < -0.4 is 22.0 Å². The summed E-state index contributed by atoms with van der Waals surface area (Å²) in [5, 5.41) is 9.38. The van der Waals surface area contributed by atoms with Crippen LogP contribution in [0.5, 0.6) is 0 Å². The molecule has 8 aromatic rings. The SMILES string of the molecule is Cc1cccc(-n2c(=O)nc(NC3CCC3Cc3cccc(-n4c(=O)nc(NC(C)C)c5oc6ccc(Cl)cc6c54)c3)c3oc4ccc(Cl)cc4c32)c1. The largest absolute Gasteiger partial charge is 0.450 e. The summed E-state index contributed by atoms with van der Waals surface area (Å²) >= 11 is 12.9. The molecule has 9 rings (SSSR count). The van der Waals surface area contributed by atoms with Gasteiger partial charge in [0.2, 0.25) is 0 Å². The Bertz CT molecular complexity index is 2870. The van der Waals surface area contributed by atoms with Crippen LogP contribution in [0.25, 0.3) is 55.5 Å². The van der Waals surface area contributed by atoms with Crippen LogP contribution in [0.1, 0.15) is 37.8 Å². The van der Waals surface area contributed by atoms with Crippen molar-refractivity contribution >= 4 is 79.0 Å². The van der Waals surface area contributed by atoms with Gasteiger partial charge in [-0.2, -0.15) is 9.97 Å². The molecule has 0 radical (unpaired) electrons. The van der Waals surface area contributed by atoms with E-state index < -0.39 is 11.4 Å². The number of fused-ring (bicyclic) bond motifs is 6. The molecule has 10 nitrogen and oxygen atoms in total. The lowest BCUT2D eigenvalue weighted by atomic mass is 9.76. The van der Waals surface area contributed by atoms with Gasteiger partial charge in [-0.05, 0) is 118 Å². The monoisotopic (exact) mass is 744 g/mol. The number of halogens is 2. The molecule has 0 bridgehead atoms. The van der Waals surface area contributed by atoms with Gasteiger partial charge in [0.1, 0.15) is 22.2 Å². The molecular weight excluding hydrogens is 711 g/mol. The number of aromatic nitrogens is 4. The summed E-state index contributed by atoms with van der Waals surface area (Å²) in [6.45, 7) is 5.95. The van der Waals surface area contributed by atoms with Crippen LogP contribution in [-0.4, -0.2) is 31.2 Å². The molecule has 1 fully saturated rings. The molecule has 0 amide bonds.